The summed E-state index contributed by atoms with van der Waals surface area (Å²) in [7, 11) is 1.89. The predicted molar refractivity (Wildman–Crippen MR) is 101 cm³/mol. The lowest BCUT2D eigenvalue weighted by Gasteiger charge is -2.08. The Bertz CT molecular complexity index is 1110. The number of aromatic nitrogens is 5. The third kappa shape index (κ3) is 3.85. The maximum absolute atomic E-state index is 12.8. The van der Waals surface area contributed by atoms with Gasteiger partial charge >= 0.3 is 0 Å². The number of pyridine rings is 2. The van der Waals surface area contributed by atoms with Crippen molar-refractivity contribution >= 4 is 14.9 Å². The minimum Gasteiger partial charge on any atom is -0.440 e. The fraction of sp³-hybridized carbons (Fsp3) is 0.111. The van der Waals surface area contributed by atoms with E-state index in [1.165, 1.54) is 16.9 Å². The largest absolute Gasteiger partial charge is 0.440 e. The molecular weight excluding hydrogens is 368 g/mol. The van der Waals surface area contributed by atoms with Crippen LogP contribution in [-0.2, 0) is 6.54 Å². The molecule has 0 saturated heterocycles. The molecule has 0 N–H and O–H groups in total. The van der Waals surface area contributed by atoms with Gasteiger partial charge in [0.05, 0.1) is 17.9 Å². The van der Waals surface area contributed by atoms with E-state index in [1.54, 1.807) is 18.2 Å². The van der Waals surface area contributed by atoms with Gasteiger partial charge in [0.1, 0.15) is 5.65 Å². The van der Waals surface area contributed by atoms with E-state index in [0.29, 0.717) is 11.3 Å². The van der Waals surface area contributed by atoms with Crippen molar-refractivity contribution < 1.29 is 9.13 Å². The van der Waals surface area contributed by atoms with Gasteiger partial charge in [-0.3, -0.25) is 4.79 Å². The van der Waals surface area contributed by atoms with Gasteiger partial charge in [0, 0.05) is 36.3 Å². The summed E-state index contributed by atoms with van der Waals surface area (Å²) in [5, 5.41) is 4.39. The van der Waals surface area contributed by atoms with Gasteiger partial charge in [-0.2, -0.15) is 9.49 Å². The number of ether oxygens (including phenoxy) is 1. The molecule has 0 bridgehead atoms. The summed E-state index contributed by atoms with van der Waals surface area (Å²) >= 11 is 0. The van der Waals surface area contributed by atoms with Crippen LogP contribution >= 0.6 is 9.24 Å². The monoisotopic (exact) mass is 383 g/mol. The molecule has 0 spiro atoms. The van der Waals surface area contributed by atoms with E-state index >= 15 is 0 Å². The minimum absolute atomic E-state index is 0.166. The molecule has 0 aliphatic heterocycles. The second-order valence-electron chi connectivity index (χ2n) is 5.77. The zero-order chi connectivity index (χ0) is 18.8. The summed E-state index contributed by atoms with van der Waals surface area (Å²) in [5.74, 6) is 0.166. The molecule has 136 valence electrons. The first-order valence-corrected chi connectivity index (χ1v) is 8.79. The average Bonchev–Trinajstić information content (AvgIpc) is 3.06. The lowest BCUT2D eigenvalue weighted by molar-refractivity contribution is 0.147. The van der Waals surface area contributed by atoms with Crippen LogP contribution in [0.4, 0.5) is 4.39 Å². The fourth-order valence-corrected chi connectivity index (χ4v) is 2.79. The van der Waals surface area contributed by atoms with E-state index in [1.807, 2.05) is 44.2 Å². The number of hydrogen-bond donors (Lipinski definition) is 0. The van der Waals surface area contributed by atoms with E-state index in [-0.39, 0.29) is 18.0 Å². The molecule has 0 radical (unpaired) electrons. The van der Waals surface area contributed by atoms with Crippen LogP contribution in [0.15, 0.2) is 65.8 Å². The van der Waals surface area contributed by atoms with Crippen LogP contribution < -0.4 is 10.3 Å². The quantitative estimate of drug-likeness (QED) is 0.495. The smallest absolute Gasteiger partial charge is 0.267 e. The Morgan fingerprint density at radius 3 is 2.81 bits per heavy atom. The molecule has 4 aromatic rings. The second kappa shape index (κ2) is 7.25. The Balaban J connectivity index is 1.62. The molecule has 27 heavy (non-hydrogen) atoms. The van der Waals surface area contributed by atoms with E-state index in [4.69, 9.17) is 4.74 Å². The molecule has 4 aromatic heterocycles. The number of halogens is 1. The topological polar surface area (TPSA) is 74.3 Å². The normalized spacial score (nSPS) is 12.2. The Labute approximate surface area is 155 Å². The van der Waals surface area contributed by atoms with Crippen molar-refractivity contribution in [3.8, 4) is 17.1 Å². The summed E-state index contributed by atoms with van der Waals surface area (Å²) in [6.45, 7) is 0.250. The first kappa shape index (κ1) is 17.3. The van der Waals surface area contributed by atoms with E-state index < -0.39 is 6.10 Å². The summed E-state index contributed by atoms with van der Waals surface area (Å²) in [6.07, 6.45) is 3.75. The lowest BCUT2D eigenvalue weighted by atomic mass is 10.2. The molecule has 0 aromatic carbocycles. The van der Waals surface area contributed by atoms with Gasteiger partial charge in [-0.1, -0.05) is 15.3 Å². The minimum atomic E-state index is -1.52. The number of imidazole rings is 1. The van der Waals surface area contributed by atoms with Crippen molar-refractivity contribution in [1.29, 1.82) is 0 Å². The highest BCUT2D eigenvalue weighted by Gasteiger charge is 2.08. The third-order valence-electron chi connectivity index (χ3n) is 3.86. The third-order valence-corrected chi connectivity index (χ3v) is 3.99. The van der Waals surface area contributed by atoms with Crippen molar-refractivity contribution in [2.45, 2.75) is 12.6 Å². The fourth-order valence-electron chi connectivity index (χ4n) is 2.65. The van der Waals surface area contributed by atoms with Crippen LogP contribution in [-0.4, -0.2) is 30.2 Å². The average molecular weight is 383 g/mol. The highest BCUT2D eigenvalue weighted by molar-refractivity contribution is 7.16. The van der Waals surface area contributed by atoms with E-state index in [2.05, 4.69) is 15.1 Å². The zero-order valence-corrected chi connectivity index (χ0v) is 15.2. The molecule has 0 aliphatic carbocycles. The van der Waals surface area contributed by atoms with Crippen LogP contribution in [0.2, 0.25) is 0 Å². The zero-order valence-electron chi connectivity index (χ0n) is 14.1. The van der Waals surface area contributed by atoms with Crippen LogP contribution in [0.25, 0.3) is 16.9 Å². The molecule has 9 heteroatoms. The van der Waals surface area contributed by atoms with Gasteiger partial charge in [0.25, 0.3) is 11.7 Å². The Morgan fingerprint density at radius 1 is 1.19 bits per heavy atom. The Hall–Kier alpha value is -3.12. The molecule has 2 unspecified atom stereocenters. The Kier molecular flexibility index (Phi) is 4.64. The van der Waals surface area contributed by atoms with Crippen molar-refractivity contribution in [1.82, 2.24) is 24.1 Å². The van der Waals surface area contributed by atoms with Gasteiger partial charge in [0.15, 0.2) is 0 Å². The Morgan fingerprint density at radius 2 is 2.07 bits per heavy atom. The molecule has 4 heterocycles. The summed E-state index contributed by atoms with van der Waals surface area (Å²) in [6, 6.07) is 12.0. The SMILES string of the molecule is O=c1ccc(-c2ccc(OC(F)P)nc2)nn1Cc1cn2ccccc2n1. The number of rotatable bonds is 5. The summed E-state index contributed by atoms with van der Waals surface area (Å²) in [4.78, 5) is 20.7. The first-order valence-electron chi connectivity index (χ1n) is 8.12. The first-order chi connectivity index (χ1) is 13.1. The molecule has 7 nitrogen and oxygen atoms in total. The highest BCUT2D eigenvalue weighted by atomic mass is 31.0. The number of hydrogen-bond acceptors (Lipinski definition) is 5. The van der Waals surface area contributed by atoms with Crippen LogP contribution in [0, 0.1) is 0 Å². The molecule has 2 atom stereocenters. The van der Waals surface area contributed by atoms with E-state index in [0.717, 1.165) is 11.3 Å². The molecule has 0 fully saturated rings. The highest BCUT2D eigenvalue weighted by Crippen LogP contribution is 2.19. The molecule has 0 saturated carbocycles. The summed E-state index contributed by atoms with van der Waals surface area (Å²) < 4.78 is 20.9. The van der Waals surface area contributed by atoms with Crippen LogP contribution in [0.1, 0.15) is 5.69 Å². The van der Waals surface area contributed by atoms with Gasteiger partial charge in [-0.05, 0) is 24.3 Å². The maximum atomic E-state index is 12.8. The van der Waals surface area contributed by atoms with Crippen molar-refractivity contribution in [3.63, 3.8) is 0 Å². The standard InChI is InChI=1S/C18H15FN5O2P/c19-18(27)26-16-6-4-12(9-20-16)14-5-7-17(25)24(22-14)11-13-10-23-8-2-1-3-15(23)21-13/h1-10,18H,11,27H2. The molecule has 0 amide bonds. The second-order valence-corrected chi connectivity index (χ2v) is 6.29. The number of alkyl halides is 1. The van der Waals surface area contributed by atoms with Gasteiger partial charge in [0.2, 0.25) is 5.88 Å². The molecule has 0 aliphatic rings. The molecule has 4 rings (SSSR count). The van der Waals surface area contributed by atoms with Crippen LogP contribution in [0.5, 0.6) is 5.88 Å². The maximum Gasteiger partial charge on any atom is 0.267 e. The van der Waals surface area contributed by atoms with Crippen molar-refractivity contribution in [3.05, 3.63) is 77.1 Å². The van der Waals surface area contributed by atoms with Gasteiger partial charge in [-0.15, -0.1) is 0 Å². The number of nitrogens with zero attached hydrogens (tertiary/aromatic N) is 5. The summed E-state index contributed by atoms with van der Waals surface area (Å²) in [5.41, 5.74) is 2.55. The molecular formula is C18H15FN5O2P. The predicted octanol–water partition coefficient (Wildman–Crippen LogP) is 2.51. The van der Waals surface area contributed by atoms with Crippen molar-refractivity contribution in [2.75, 3.05) is 0 Å². The van der Waals surface area contributed by atoms with Gasteiger partial charge in [-0.25, -0.2) is 14.6 Å². The lowest BCUT2D eigenvalue weighted by Crippen LogP contribution is -2.23. The number of fused-ring (bicyclic) bond motifs is 1. The van der Waals surface area contributed by atoms with Crippen LogP contribution in [0.3, 0.4) is 0 Å². The van der Waals surface area contributed by atoms with Gasteiger partial charge < -0.3 is 9.14 Å². The van der Waals surface area contributed by atoms with Crippen molar-refractivity contribution in [2.24, 2.45) is 0 Å². The van der Waals surface area contributed by atoms with E-state index in [9.17, 15) is 9.18 Å².